The molecule has 0 aromatic heterocycles. The minimum atomic E-state index is -1.82. The minimum Gasteiger partial charge on any atom is -0.493 e. The number of rotatable bonds is 5. The second-order valence-corrected chi connectivity index (χ2v) is 6.15. The summed E-state index contributed by atoms with van der Waals surface area (Å²) >= 11 is 0. The van der Waals surface area contributed by atoms with E-state index in [0.29, 0.717) is 12.6 Å². The molecule has 1 aliphatic rings. The lowest BCUT2D eigenvalue weighted by Gasteiger charge is -2.28. The van der Waals surface area contributed by atoms with Crippen LogP contribution in [0.25, 0.3) is 0 Å². The first kappa shape index (κ1) is 22.3. The highest BCUT2D eigenvalue weighted by atomic mass is 16.5. The Morgan fingerprint density at radius 3 is 2.33 bits per heavy atom. The molecule has 148 valence electrons. The Kier molecular flexibility index (Phi) is 10.4. The zero-order chi connectivity index (χ0) is 20.1. The van der Waals surface area contributed by atoms with E-state index in [1.165, 1.54) is 25.7 Å². The van der Waals surface area contributed by atoms with Crippen LogP contribution in [-0.4, -0.2) is 48.5 Å². The number of carboxylic acids is 2. The molecule has 7 nitrogen and oxygen atoms in total. The van der Waals surface area contributed by atoms with Crippen molar-refractivity contribution in [2.45, 2.75) is 38.6 Å². The van der Waals surface area contributed by atoms with Gasteiger partial charge >= 0.3 is 11.9 Å². The summed E-state index contributed by atoms with van der Waals surface area (Å²) in [6, 6.07) is 8.25. The van der Waals surface area contributed by atoms with Crippen LogP contribution in [-0.2, 0) is 9.59 Å². The van der Waals surface area contributed by atoms with Crippen LogP contribution < -0.4 is 14.8 Å². The summed E-state index contributed by atoms with van der Waals surface area (Å²) in [6.07, 6.45) is 5.33. The van der Waals surface area contributed by atoms with Gasteiger partial charge in [0.1, 0.15) is 6.61 Å². The molecule has 1 aliphatic carbocycles. The van der Waals surface area contributed by atoms with Crippen LogP contribution in [0.15, 0.2) is 24.3 Å². The van der Waals surface area contributed by atoms with Crippen molar-refractivity contribution in [3.8, 4) is 23.3 Å². The van der Waals surface area contributed by atoms with Crippen molar-refractivity contribution in [3.63, 3.8) is 0 Å². The molecule has 0 aliphatic heterocycles. The molecule has 0 bridgehead atoms. The molecule has 2 unspecified atom stereocenters. The van der Waals surface area contributed by atoms with E-state index >= 15 is 0 Å². The van der Waals surface area contributed by atoms with Gasteiger partial charge in [-0.2, -0.15) is 0 Å². The molecule has 1 saturated carbocycles. The third-order valence-corrected chi connectivity index (χ3v) is 4.24. The maximum atomic E-state index is 9.10. The maximum absolute atomic E-state index is 9.10. The van der Waals surface area contributed by atoms with E-state index in [1.54, 1.807) is 7.11 Å². The summed E-state index contributed by atoms with van der Waals surface area (Å²) in [5, 5.41) is 18.3. The van der Waals surface area contributed by atoms with Crippen LogP contribution >= 0.6 is 0 Å². The van der Waals surface area contributed by atoms with Gasteiger partial charge < -0.3 is 25.0 Å². The van der Waals surface area contributed by atoms with Gasteiger partial charge in [-0.3, -0.25) is 0 Å². The first-order valence-corrected chi connectivity index (χ1v) is 8.86. The van der Waals surface area contributed by atoms with Gasteiger partial charge in [0.05, 0.1) is 13.7 Å². The monoisotopic (exact) mass is 377 g/mol. The van der Waals surface area contributed by atoms with Gasteiger partial charge in [0.25, 0.3) is 0 Å². The summed E-state index contributed by atoms with van der Waals surface area (Å²) < 4.78 is 10.8. The van der Waals surface area contributed by atoms with E-state index in [1.807, 2.05) is 24.3 Å². The molecule has 0 amide bonds. The van der Waals surface area contributed by atoms with Gasteiger partial charge in [-0.15, -0.1) is 0 Å². The summed E-state index contributed by atoms with van der Waals surface area (Å²) in [7, 11) is 1.64. The minimum absolute atomic E-state index is 0.391. The van der Waals surface area contributed by atoms with Crippen molar-refractivity contribution < 1.29 is 29.3 Å². The largest absolute Gasteiger partial charge is 0.493 e. The molecule has 0 radical (unpaired) electrons. The highest BCUT2D eigenvalue weighted by molar-refractivity contribution is 6.27. The summed E-state index contributed by atoms with van der Waals surface area (Å²) in [4.78, 5) is 18.2. The highest BCUT2D eigenvalue weighted by Crippen LogP contribution is 2.25. The van der Waals surface area contributed by atoms with Gasteiger partial charge in [0.2, 0.25) is 0 Å². The maximum Gasteiger partial charge on any atom is 0.414 e. The third kappa shape index (κ3) is 8.97. The average Bonchev–Trinajstić information content (AvgIpc) is 2.66. The lowest BCUT2D eigenvalue weighted by atomic mass is 9.86. The van der Waals surface area contributed by atoms with E-state index in [9.17, 15) is 0 Å². The van der Waals surface area contributed by atoms with E-state index in [2.05, 4.69) is 24.1 Å². The molecule has 1 aromatic carbocycles. The molecule has 27 heavy (non-hydrogen) atoms. The van der Waals surface area contributed by atoms with Crippen LogP contribution in [0.5, 0.6) is 11.5 Å². The van der Waals surface area contributed by atoms with Gasteiger partial charge in [-0.25, -0.2) is 9.59 Å². The SMILES string of the molecule is COc1ccccc1OCC#CCNC1CCCCC1C.O=C(O)C(=O)O. The summed E-state index contributed by atoms with van der Waals surface area (Å²) in [5.41, 5.74) is 0. The van der Waals surface area contributed by atoms with Crippen LogP contribution in [0.2, 0.25) is 0 Å². The Morgan fingerprint density at radius 1 is 1.11 bits per heavy atom. The fourth-order valence-corrected chi connectivity index (χ4v) is 2.77. The quantitative estimate of drug-likeness (QED) is 0.534. The number of para-hydroxylation sites is 2. The fraction of sp³-hybridized carbons (Fsp3) is 0.500. The summed E-state index contributed by atoms with van der Waals surface area (Å²) in [6.45, 7) is 3.46. The van der Waals surface area contributed by atoms with Crippen molar-refractivity contribution in [3.05, 3.63) is 24.3 Å². The van der Waals surface area contributed by atoms with Gasteiger partial charge in [-0.1, -0.05) is 43.7 Å². The number of carboxylic acid groups (broad SMARTS) is 2. The van der Waals surface area contributed by atoms with Crippen LogP contribution in [0.3, 0.4) is 0 Å². The first-order valence-electron chi connectivity index (χ1n) is 8.86. The van der Waals surface area contributed by atoms with E-state index in [4.69, 9.17) is 29.3 Å². The Bertz CT molecular complexity index is 652. The number of carbonyl (C=O) groups is 2. The lowest BCUT2D eigenvalue weighted by Crippen LogP contribution is -2.37. The number of nitrogens with one attached hydrogen (secondary N) is 1. The average molecular weight is 377 g/mol. The molecule has 2 rings (SSSR count). The Balaban J connectivity index is 0.000000527. The molecular weight excluding hydrogens is 350 g/mol. The van der Waals surface area contributed by atoms with Crippen molar-refractivity contribution in [2.75, 3.05) is 20.3 Å². The Hall–Kier alpha value is -2.72. The molecule has 2 atom stereocenters. The molecule has 0 spiro atoms. The number of hydrogen-bond donors (Lipinski definition) is 3. The topological polar surface area (TPSA) is 105 Å². The van der Waals surface area contributed by atoms with Gasteiger partial charge in [-0.05, 0) is 30.9 Å². The number of aliphatic carboxylic acids is 2. The first-order chi connectivity index (χ1) is 13.0. The van der Waals surface area contributed by atoms with E-state index in [0.717, 1.165) is 24.0 Å². The zero-order valence-electron chi connectivity index (χ0n) is 15.7. The van der Waals surface area contributed by atoms with Crippen molar-refractivity contribution >= 4 is 11.9 Å². The van der Waals surface area contributed by atoms with E-state index < -0.39 is 11.9 Å². The second kappa shape index (κ2) is 12.6. The molecule has 0 heterocycles. The predicted octanol–water partition coefficient (Wildman–Crippen LogP) is 2.40. The van der Waals surface area contributed by atoms with Crippen LogP contribution in [0.4, 0.5) is 0 Å². The smallest absolute Gasteiger partial charge is 0.414 e. The molecular formula is C20H27NO6. The van der Waals surface area contributed by atoms with Crippen LogP contribution in [0, 0.1) is 17.8 Å². The predicted molar refractivity (Wildman–Crippen MR) is 101 cm³/mol. The molecule has 0 saturated heterocycles. The number of hydrogen-bond acceptors (Lipinski definition) is 5. The normalized spacial score (nSPS) is 18.1. The Morgan fingerprint density at radius 2 is 1.74 bits per heavy atom. The molecule has 7 heteroatoms. The molecule has 1 fully saturated rings. The molecule has 1 aromatic rings. The van der Waals surface area contributed by atoms with Gasteiger partial charge in [0, 0.05) is 6.04 Å². The summed E-state index contributed by atoms with van der Waals surface area (Å²) in [5.74, 6) is 4.79. The zero-order valence-corrected chi connectivity index (χ0v) is 15.7. The molecule has 3 N–H and O–H groups in total. The van der Waals surface area contributed by atoms with Crippen molar-refractivity contribution in [2.24, 2.45) is 5.92 Å². The lowest BCUT2D eigenvalue weighted by molar-refractivity contribution is -0.159. The van der Waals surface area contributed by atoms with Crippen molar-refractivity contribution in [1.29, 1.82) is 0 Å². The fourth-order valence-electron chi connectivity index (χ4n) is 2.77. The van der Waals surface area contributed by atoms with E-state index in [-0.39, 0.29) is 0 Å². The standard InChI is InChI=1S/C18H25NO2.C2H2O4/c1-15-9-3-4-10-16(15)19-13-7-8-14-21-18-12-6-5-11-17(18)20-2;3-1(4)2(5)6/h5-6,11-12,15-16,19H,3-4,9-10,13-14H2,1-2H3;(H,3,4)(H,5,6). The third-order valence-electron chi connectivity index (χ3n) is 4.24. The Labute approximate surface area is 159 Å². The number of benzene rings is 1. The number of ether oxygens (including phenoxy) is 2. The van der Waals surface area contributed by atoms with Gasteiger partial charge in [0.15, 0.2) is 11.5 Å². The highest BCUT2D eigenvalue weighted by Gasteiger charge is 2.19. The van der Waals surface area contributed by atoms with Crippen molar-refractivity contribution in [1.82, 2.24) is 5.32 Å². The number of methoxy groups -OCH3 is 1. The van der Waals surface area contributed by atoms with Crippen LogP contribution in [0.1, 0.15) is 32.6 Å². The second-order valence-electron chi connectivity index (χ2n) is 6.15.